The molecular weight excluding hydrogens is 368 g/mol. The third-order valence-corrected chi connectivity index (χ3v) is 5.10. The van der Waals surface area contributed by atoms with E-state index in [0.717, 1.165) is 47.6 Å². The van der Waals surface area contributed by atoms with Gasteiger partial charge in [0.25, 0.3) is 0 Å². The molecule has 3 aromatic heterocycles. The lowest BCUT2D eigenvalue weighted by Gasteiger charge is -2.01. The molecule has 150 valence electrons. The Bertz CT molecular complexity index is 1100. The number of fused-ring (bicyclic) bond motifs is 1. The number of aryl methyl sites for hydroxylation is 4. The average Bonchev–Trinajstić information content (AvgIpc) is 3.41. The van der Waals surface area contributed by atoms with Crippen molar-refractivity contribution in [2.45, 2.75) is 46.0 Å². The highest BCUT2D eigenvalue weighted by atomic mass is 16.5. The van der Waals surface area contributed by atoms with E-state index in [-0.39, 0.29) is 5.91 Å². The third-order valence-electron chi connectivity index (χ3n) is 5.10. The summed E-state index contributed by atoms with van der Waals surface area (Å²) in [5.41, 5.74) is 4.26. The van der Waals surface area contributed by atoms with Crippen molar-refractivity contribution in [1.29, 1.82) is 0 Å². The van der Waals surface area contributed by atoms with Gasteiger partial charge in [-0.05, 0) is 44.7 Å². The van der Waals surface area contributed by atoms with Crippen molar-refractivity contribution in [2.75, 3.05) is 5.32 Å². The van der Waals surface area contributed by atoms with E-state index >= 15 is 0 Å². The molecule has 8 nitrogen and oxygen atoms in total. The number of aromatic nitrogens is 5. The molecule has 0 spiro atoms. The van der Waals surface area contributed by atoms with Crippen LogP contribution in [0.15, 0.2) is 35.0 Å². The molecule has 0 unspecified atom stereocenters. The first-order chi connectivity index (χ1) is 14.1. The second-order valence-electron chi connectivity index (χ2n) is 7.17. The number of hydrogen-bond acceptors (Lipinski definition) is 5. The molecule has 3 heterocycles. The quantitative estimate of drug-likeness (QED) is 0.424. The SMILES string of the molecule is Cc1noc(C)c1CCC(=O)Nc1n[nH]c(CCCc2c[nH]c3ccccc23)n1. The lowest BCUT2D eigenvalue weighted by Crippen LogP contribution is -2.13. The van der Waals surface area contributed by atoms with Crippen molar-refractivity contribution in [3.63, 3.8) is 0 Å². The standard InChI is InChI=1S/C21H24N6O2/c1-13-16(14(2)29-27-13)10-11-20(28)24-21-23-19(25-26-21)9-5-6-15-12-22-18-8-4-3-7-17(15)18/h3-4,7-8,12,22H,5-6,9-11H2,1-2H3,(H2,23,24,25,26,28). The minimum absolute atomic E-state index is 0.130. The first-order valence-electron chi connectivity index (χ1n) is 9.78. The molecule has 29 heavy (non-hydrogen) atoms. The molecule has 0 bridgehead atoms. The van der Waals surface area contributed by atoms with Crippen LogP contribution in [-0.4, -0.2) is 31.2 Å². The predicted octanol–water partition coefficient (Wildman–Crippen LogP) is 3.64. The maximum absolute atomic E-state index is 12.2. The first kappa shape index (κ1) is 18.9. The van der Waals surface area contributed by atoms with Gasteiger partial charge in [-0.15, -0.1) is 5.10 Å². The van der Waals surface area contributed by atoms with Crippen molar-refractivity contribution < 1.29 is 9.32 Å². The number of amides is 1. The van der Waals surface area contributed by atoms with Gasteiger partial charge in [0.15, 0.2) is 0 Å². The number of aromatic amines is 2. The van der Waals surface area contributed by atoms with Gasteiger partial charge in [-0.3, -0.25) is 15.2 Å². The fourth-order valence-corrected chi connectivity index (χ4v) is 3.53. The zero-order valence-electron chi connectivity index (χ0n) is 16.6. The molecule has 1 amide bonds. The van der Waals surface area contributed by atoms with Gasteiger partial charge in [0, 0.05) is 35.5 Å². The normalized spacial score (nSPS) is 11.2. The molecule has 0 aliphatic heterocycles. The van der Waals surface area contributed by atoms with Crippen molar-refractivity contribution in [3.8, 4) is 0 Å². The number of H-pyrrole nitrogens is 2. The third kappa shape index (κ3) is 4.37. The van der Waals surface area contributed by atoms with Gasteiger partial charge in [-0.25, -0.2) is 0 Å². The minimum atomic E-state index is -0.130. The summed E-state index contributed by atoms with van der Waals surface area (Å²) >= 11 is 0. The number of benzene rings is 1. The molecule has 0 saturated carbocycles. The van der Waals surface area contributed by atoms with E-state index < -0.39 is 0 Å². The molecule has 4 rings (SSSR count). The lowest BCUT2D eigenvalue weighted by atomic mass is 10.1. The summed E-state index contributed by atoms with van der Waals surface area (Å²) < 4.78 is 5.12. The van der Waals surface area contributed by atoms with Crippen molar-refractivity contribution in [3.05, 3.63) is 58.9 Å². The Kier molecular flexibility index (Phi) is 5.41. The number of anilines is 1. The Morgan fingerprint density at radius 2 is 2.03 bits per heavy atom. The molecule has 0 fully saturated rings. The van der Waals surface area contributed by atoms with E-state index in [0.29, 0.717) is 18.8 Å². The van der Waals surface area contributed by atoms with Crippen LogP contribution in [0.25, 0.3) is 10.9 Å². The van der Waals surface area contributed by atoms with E-state index in [1.54, 1.807) is 0 Å². The molecule has 0 saturated heterocycles. The van der Waals surface area contributed by atoms with Crippen LogP contribution in [0.5, 0.6) is 0 Å². The van der Waals surface area contributed by atoms with Crippen LogP contribution in [0.3, 0.4) is 0 Å². The van der Waals surface area contributed by atoms with Crippen LogP contribution >= 0.6 is 0 Å². The van der Waals surface area contributed by atoms with Gasteiger partial charge < -0.3 is 9.51 Å². The monoisotopic (exact) mass is 392 g/mol. The fourth-order valence-electron chi connectivity index (χ4n) is 3.53. The molecule has 0 aliphatic carbocycles. The molecule has 3 N–H and O–H groups in total. The molecular formula is C21H24N6O2. The smallest absolute Gasteiger partial charge is 0.248 e. The van der Waals surface area contributed by atoms with Crippen LogP contribution in [0.2, 0.25) is 0 Å². The summed E-state index contributed by atoms with van der Waals surface area (Å²) in [6.45, 7) is 3.73. The summed E-state index contributed by atoms with van der Waals surface area (Å²) in [4.78, 5) is 19.8. The number of nitrogens with one attached hydrogen (secondary N) is 3. The van der Waals surface area contributed by atoms with Gasteiger partial charge in [0.2, 0.25) is 11.9 Å². The predicted molar refractivity (Wildman–Crippen MR) is 110 cm³/mol. The molecule has 0 radical (unpaired) electrons. The Morgan fingerprint density at radius 3 is 2.86 bits per heavy atom. The Labute approximate surface area is 168 Å². The maximum Gasteiger partial charge on any atom is 0.248 e. The largest absolute Gasteiger partial charge is 0.361 e. The van der Waals surface area contributed by atoms with Crippen LogP contribution in [-0.2, 0) is 24.1 Å². The van der Waals surface area contributed by atoms with E-state index in [1.165, 1.54) is 10.9 Å². The fraction of sp³-hybridized carbons (Fsp3) is 0.333. The van der Waals surface area contributed by atoms with Gasteiger partial charge in [0.05, 0.1) is 5.69 Å². The Morgan fingerprint density at radius 1 is 1.17 bits per heavy atom. The minimum Gasteiger partial charge on any atom is -0.361 e. The highest BCUT2D eigenvalue weighted by Crippen LogP contribution is 2.19. The number of carbonyl (C=O) groups is 1. The Balaban J connectivity index is 1.25. The highest BCUT2D eigenvalue weighted by Gasteiger charge is 2.13. The molecule has 1 aromatic carbocycles. The summed E-state index contributed by atoms with van der Waals surface area (Å²) in [6, 6.07) is 8.29. The van der Waals surface area contributed by atoms with E-state index in [1.807, 2.05) is 19.9 Å². The molecule has 0 atom stereocenters. The van der Waals surface area contributed by atoms with Crippen molar-refractivity contribution in [2.24, 2.45) is 0 Å². The van der Waals surface area contributed by atoms with Crippen LogP contribution in [0.4, 0.5) is 5.95 Å². The van der Waals surface area contributed by atoms with Gasteiger partial charge in [-0.2, -0.15) is 4.98 Å². The summed E-state index contributed by atoms with van der Waals surface area (Å²) in [7, 11) is 0. The topological polar surface area (TPSA) is 112 Å². The van der Waals surface area contributed by atoms with Crippen molar-refractivity contribution in [1.82, 2.24) is 25.3 Å². The average molecular weight is 392 g/mol. The number of nitrogens with zero attached hydrogens (tertiary/aromatic N) is 3. The number of hydrogen-bond donors (Lipinski definition) is 3. The Hall–Kier alpha value is -3.42. The van der Waals surface area contributed by atoms with E-state index in [2.05, 4.69) is 55.0 Å². The molecule has 8 heteroatoms. The zero-order valence-corrected chi connectivity index (χ0v) is 16.6. The number of rotatable bonds is 8. The second-order valence-corrected chi connectivity index (χ2v) is 7.17. The zero-order chi connectivity index (χ0) is 20.2. The lowest BCUT2D eigenvalue weighted by molar-refractivity contribution is -0.116. The highest BCUT2D eigenvalue weighted by molar-refractivity contribution is 5.89. The second kappa shape index (κ2) is 8.30. The first-order valence-corrected chi connectivity index (χ1v) is 9.78. The summed E-state index contributed by atoms with van der Waals surface area (Å²) in [5.74, 6) is 1.71. The van der Waals surface area contributed by atoms with Crippen LogP contribution in [0, 0.1) is 13.8 Å². The number of carbonyl (C=O) groups excluding carboxylic acids is 1. The summed E-state index contributed by atoms with van der Waals surface area (Å²) in [6.07, 6.45) is 5.62. The van der Waals surface area contributed by atoms with Crippen molar-refractivity contribution >= 4 is 22.8 Å². The number of para-hydroxylation sites is 1. The van der Waals surface area contributed by atoms with E-state index in [9.17, 15) is 4.79 Å². The van der Waals surface area contributed by atoms with Gasteiger partial charge >= 0.3 is 0 Å². The maximum atomic E-state index is 12.2. The van der Waals surface area contributed by atoms with Crippen LogP contribution in [0.1, 0.15) is 41.2 Å². The van der Waals surface area contributed by atoms with Crippen LogP contribution < -0.4 is 5.32 Å². The molecule has 0 aliphatic rings. The molecule has 4 aromatic rings. The van der Waals surface area contributed by atoms with Gasteiger partial charge in [0.1, 0.15) is 11.6 Å². The summed E-state index contributed by atoms with van der Waals surface area (Å²) in [5, 5.41) is 14.9. The van der Waals surface area contributed by atoms with E-state index in [4.69, 9.17) is 4.52 Å². The van der Waals surface area contributed by atoms with Gasteiger partial charge in [-0.1, -0.05) is 23.4 Å².